The fraction of sp³-hybridized carbons (Fsp3) is 0.0196. The van der Waals surface area contributed by atoms with Gasteiger partial charge in [0.25, 0.3) is 0 Å². The second-order valence-electron chi connectivity index (χ2n) is 13.7. The van der Waals surface area contributed by atoms with Crippen LogP contribution in [0.15, 0.2) is 193 Å². The summed E-state index contributed by atoms with van der Waals surface area (Å²) in [4.78, 5) is 0. The Bertz CT molecular complexity index is 3050. The molecule has 0 aliphatic carbocycles. The Balaban J connectivity index is 1.20. The van der Waals surface area contributed by atoms with Gasteiger partial charge in [0.05, 0.1) is 27.6 Å². The Hall–Kier alpha value is -7.10. The number of nitrogens with zero attached hydrogens (tertiary/aromatic N) is 2. The van der Waals surface area contributed by atoms with Gasteiger partial charge in [-0.1, -0.05) is 146 Å². The van der Waals surface area contributed by atoms with Crippen LogP contribution in [-0.4, -0.2) is 9.13 Å². The minimum absolute atomic E-state index is 0.809. The number of fused-ring (bicyclic) bond motifs is 6. The smallest absolute Gasteiger partial charge is 0.213 e. The summed E-state index contributed by atoms with van der Waals surface area (Å²) >= 11 is 0. The maximum absolute atomic E-state index is 7.10. The van der Waals surface area contributed by atoms with E-state index in [0.717, 1.165) is 66.3 Å². The van der Waals surface area contributed by atoms with Crippen molar-refractivity contribution in [2.24, 2.45) is 0 Å². The van der Waals surface area contributed by atoms with Crippen LogP contribution < -0.4 is 10.6 Å². The third kappa shape index (κ3) is 4.97. The van der Waals surface area contributed by atoms with Crippen molar-refractivity contribution < 1.29 is 4.42 Å². The van der Waals surface area contributed by atoms with Crippen LogP contribution >= 0.6 is 0 Å². The minimum atomic E-state index is 0.809. The maximum atomic E-state index is 7.10. The molecule has 0 N–H and O–H groups in total. The molecular weight excluding hydrogens is 657 g/mol. The number of furan rings is 1. The summed E-state index contributed by atoms with van der Waals surface area (Å²) in [6.45, 7) is 6.40. The first-order chi connectivity index (χ1) is 26.7. The van der Waals surface area contributed by atoms with Crippen LogP contribution in [-0.2, 0) is 0 Å². The third-order valence-corrected chi connectivity index (χ3v) is 10.7. The van der Waals surface area contributed by atoms with Crippen LogP contribution in [0.3, 0.4) is 0 Å². The molecule has 0 saturated heterocycles. The Kier molecular flexibility index (Phi) is 7.52. The van der Waals surface area contributed by atoms with Gasteiger partial charge in [-0.15, -0.1) is 0 Å². The lowest BCUT2D eigenvalue weighted by molar-refractivity contribution is 0.556. The average molecular weight is 693 g/mol. The van der Waals surface area contributed by atoms with Gasteiger partial charge in [0.2, 0.25) is 5.71 Å². The zero-order chi connectivity index (χ0) is 36.2. The number of aromatic nitrogens is 2. The second kappa shape index (κ2) is 12.8. The molecular formula is C51H36N2O. The summed E-state index contributed by atoms with van der Waals surface area (Å²) < 4.78 is 11.7. The summed E-state index contributed by atoms with van der Waals surface area (Å²) in [6, 6.07) is 62.6. The molecule has 0 bridgehead atoms. The van der Waals surface area contributed by atoms with E-state index in [2.05, 4.69) is 205 Å². The molecule has 0 spiro atoms. The van der Waals surface area contributed by atoms with Crippen LogP contribution in [0.1, 0.15) is 12.5 Å². The van der Waals surface area contributed by atoms with Gasteiger partial charge in [-0.3, -0.25) is 4.57 Å². The number of allylic oxidation sites excluding steroid dienone is 1. The van der Waals surface area contributed by atoms with Crippen LogP contribution in [0.2, 0.25) is 0 Å². The standard InChI is InChI=1S/C51H36N2O/c1-3-41(36-27-29-39(30-28-36)52-46-24-14-11-21-43(46)44-22-12-15-25-47(44)52)50-42(4-2)49-45-23-13-16-26-48(45)53(51(49)54-50)40-32-37(34-17-7-5-8-18-34)31-38(33-40)35-19-9-6-10-20-35/h3-33H,1H2,2H3/b42-4-,50-41-. The molecule has 0 saturated carbocycles. The summed E-state index contributed by atoms with van der Waals surface area (Å²) in [5, 5.41) is 5.80. The zero-order valence-electron chi connectivity index (χ0n) is 29.9. The van der Waals surface area contributed by atoms with Crippen molar-refractivity contribution in [3.63, 3.8) is 0 Å². The van der Waals surface area contributed by atoms with Crippen molar-refractivity contribution in [3.8, 4) is 33.6 Å². The van der Waals surface area contributed by atoms with Crippen LogP contribution in [0.4, 0.5) is 0 Å². The lowest BCUT2D eigenvalue weighted by Crippen LogP contribution is -2.23. The summed E-state index contributed by atoms with van der Waals surface area (Å²) in [6.07, 6.45) is 4.10. The zero-order valence-corrected chi connectivity index (χ0v) is 29.9. The second-order valence-corrected chi connectivity index (χ2v) is 13.7. The molecule has 3 aromatic heterocycles. The fourth-order valence-electron chi connectivity index (χ4n) is 8.24. The summed E-state index contributed by atoms with van der Waals surface area (Å²) in [5.41, 5.74) is 13.9. The third-order valence-electron chi connectivity index (χ3n) is 10.7. The first kappa shape index (κ1) is 31.6. The monoisotopic (exact) mass is 692 g/mol. The maximum Gasteiger partial charge on any atom is 0.213 e. The Labute approximate surface area is 313 Å². The topological polar surface area (TPSA) is 23.0 Å². The van der Waals surface area contributed by atoms with Crippen molar-refractivity contribution >= 4 is 55.5 Å². The van der Waals surface area contributed by atoms with E-state index in [9.17, 15) is 0 Å². The Morgan fingerprint density at radius 1 is 0.500 bits per heavy atom. The molecule has 0 atom stereocenters. The van der Waals surface area contributed by atoms with Gasteiger partial charge in [0.15, 0.2) is 0 Å². The van der Waals surface area contributed by atoms with Gasteiger partial charge in [-0.2, -0.15) is 0 Å². The van der Waals surface area contributed by atoms with Gasteiger partial charge in [-0.05, 0) is 83.3 Å². The van der Waals surface area contributed by atoms with Gasteiger partial charge in [-0.25, -0.2) is 0 Å². The average Bonchev–Trinajstić information content (AvgIpc) is 3.89. The van der Waals surface area contributed by atoms with Crippen molar-refractivity contribution in [3.05, 3.63) is 205 Å². The van der Waals surface area contributed by atoms with E-state index in [1.54, 1.807) is 0 Å². The van der Waals surface area contributed by atoms with Gasteiger partial charge in [0, 0.05) is 32.6 Å². The van der Waals surface area contributed by atoms with Crippen molar-refractivity contribution in [1.82, 2.24) is 9.13 Å². The molecule has 256 valence electrons. The molecule has 0 unspecified atom stereocenters. The van der Waals surface area contributed by atoms with Gasteiger partial charge in [0.1, 0.15) is 5.42 Å². The van der Waals surface area contributed by atoms with Crippen LogP contribution in [0.25, 0.3) is 89.1 Å². The Morgan fingerprint density at radius 3 is 1.54 bits per heavy atom. The lowest BCUT2D eigenvalue weighted by Gasteiger charge is -2.13. The van der Waals surface area contributed by atoms with Gasteiger partial charge >= 0.3 is 0 Å². The van der Waals surface area contributed by atoms with E-state index in [1.807, 2.05) is 6.08 Å². The number of hydrogen-bond donors (Lipinski definition) is 0. The predicted molar refractivity (Wildman–Crippen MR) is 227 cm³/mol. The van der Waals surface area contributed by atoms with E-state index in [4.69, 9.17) is 4.42 Å². The first-order valence-electron chi connectivity index (χ1n) is 18.4. The number of para-hydroxylation sites is 3. The number of benzene rings is 7. The highest BCUT2D eigenvalue weighted by Crippen LogP contribution is 2.36. The normalized spacial score (nSPS) is 12.6. The van der Waals surface area contributed by atoms with E-state index in [1.165, 1.54) is 32.9 Å². The molecule has 0 aliphatic heterocycles. The van der Waals surface area contributed by atoms with Crippen molar-refractivity contribution in [2.75, 3.05) is 0 Å². The molecule has 3 heteroatoms. The molecule has 10 rings (SSSR count). The van der Waals surface area contributed by atoms with E-state index in [0.29, 0.717) is 0 Å². The molecule has 3 nitrogen and oxygen atoms in total. The largest absolute Gasteiger partial charge is 0.438 e. The SMILES string of the molecule is C=C/C(c1ccc(-n2c3ccccc3c3ccccc32)cc1)=c1/oc2c(/c1=C/C)c1ccccc1n2-c1cc(-c2ccccc2)cc(-c2ccccc2)c1. The minimum Gasteiger partial charge on any atom is -0.438 e. The highest BCUT2D eigenvalue weighted by atomic mass is 16.3. The quantitative estimate of drug-likeness (QED) is 0.170. The summed E-state index contributed by atoms with van der Waals surface area (Å²) in [5.74, 6) is 0. The van der Waals surface area contributed by atoms with E-state index in [-0.39, 0.29) is 0 Å². The first-order valence-corrected chi connectivity index (χ1v) is 18.4. The van der Waals surface area contributed by atoms with Crippen LogP contribution in [0, 0.1) is 0 Å². The number of rotatable bonds is 6. The Morgan fingerprint density at radius 2 is 1.00 bits per heavy atom. The predicted octanol–water partition coefficient (Wildman–Crippen LogP) is 12.0. The molecule has 0 aliphatic rings. The highest BCUT2D eigenvalue weighted by molar-refractivity contribution is 6.10. The van der Waals surface area contributed by atoms with Crippen LogP contribution in [0.5, 0.6) is 0 Å². The molecule has 54 heavy (non-hydrogen) atoms. The molecule has 0 fully saturated rings. The fourth-order valence-corrected chi connectivity index (χ4v) is 8.24. The molecule has 3 heterocycles. The molecule has 7 aromatic carbocycles. The van der Waals surface area contributed by atoms with E-state index < -0.39 is 0 Å². The van der Waals surface area contributed by atoms with Crippen molar-refractivity contribution in [1.29, 1.82) is 0 Å². The summed E-state index contributed by atoms with van der Waals surface area (Å²) in [7, 11) is 0. The molecule has 0 amide bonds. The lowest BCUT2D eigenvalue weighted by atomic mass is 9.98. The number of hydrogen-bond acceptors (Lipinski definition) is 1. The molecule has 0 radical (unpaired) electrons. The highest BCUT2D eigenvalue weighted by Gasteiger charge is 2.20. The van der Waals surface area contributed by atoms with E-state index >= 15 is 0 Å². The molecule has 10 aromatic rings. The van der Waals surface area contributed by atoms with Gasteiger partial charge < -0.3 is 8.98 Å². The van der Waals surface area contributed by atoms with Crippen molar-refractivity contribution in [2.45, 2.75) is 6.92 Å².